The summed E-state index contributed by atoms with van der Waals surface area (Å²) >= 11 is 0. The zero-order valence-electron chi connectivity index (χ0n) is 12.7. The van der Waals surface area contributed by atoms with Crippen LogP contribution < -0.4 is 0 Å². The molecule has 0 unspecified atom stereocenters. The van der Waals surface area contributed by atoms with Crippen LogP contribution in [-0.4, -0.2) is 49.6 Å². The fourth-order valence-electron chi connectivity index (χ4n) is 5.10. The molecule has 5 atom stereocenters. The fourth-order valence-corrected chi connectivity index (χ4v) is 5.10. The number of rotatable bonds is 0. The van der Waals surface area contributed by atoms with Gasteiger partial charge in [0.15, 0.2) is 5.79 Å². The highest BCUT2D eigenvalue weighted by molar-refractivity contribution is 5.30. The highest BCUT2D eigenvalue weighted by Gasteiger charge is 2.83. The molecule has 2 saturated carbocycles. The lowest BCUT2D eigenvalue weighted by Crippen LogP contribution is -2.81. The average molecular weight is 286 g/mol. The van der Waals surface area contributed by atoms with Crippen molar-refractivity contribution in [2.45, 2.75) is 76.0 Å². The van der Waals surface area contributed by atoms with Gasteiger partial charge in [-0.25, -0.2) is 0 Å². The molecule has 2 aliphatic carbocycles. The van der Waals surface area contributed by atoms with Crippen LogP contribution >= 0.6 is 0 Å². The standard InChI is InChI=1S/C15H26O5/c1-10(2)5-8-15(19)12(4)13(10,17)7-6-11(3,16)14(12,18)9-20-15/h16-19H,5-9H2,1-4H3/t11-,12+,13-,14-,15-/m1/s1. The van der Waals surface area contributed by atoms with Gasteiger partial charge in [-0.15, -0.1) is 0 Å². The SMILES string of the molecule is CC1(C)CC[C@@]2(O)OC[C@]3(O)[C@]2(C)[C@@]1(O)CC[C@@]3(C)O. The number of aliphatic hydroxyl groups is 4. The minimum atomic E-state index is -1.67. The third-order valence-corrected chi connectivity index (χ3v) is 7.03. The lowest BCUT2D eigenvalue weighted by atomic mass is 9.40. The molecular weight excluding hydrogens is 260 g/mol. The van der Waals surface area contributed by atoms with E-state index in [0.717, 1.165) is 0 Å². The van der Waals surface area contributed by atoms with Crippen LogP contribution in [0.3, 0.4) is 0 Å². The second-order valence-electron chi connectivity index (χ2n) is 8.08. The summed E-state index contributed by atoms with van der Waals surface area (Å²) in [6, 6.07) is 0. The molecule has 5 nitrogen and oxygen atoms in total. The topological polar surface area (TPSA) is 90.2 Å². The first-order valence-corrected chi connectivity index (χ1v) is 7.40. The lowest BCUT2D eigenvalue weighted by Gasteiger charge is -2.68. The van der Waals surface area contributed by atoms with Crippen LogP contribution in [0.4, 0.5) is 0 Å². The highest BCUT2D eigenvalue weighted by Crippen LogP contribution is 2.71. The third kappa shape index (κ3) is 1.16. The summed E-state index contributed by atoms with van der Waals surface area (Å²) in [5.41, 5.74) is -6.14. The molecule has 4 N–H and O–H groups in total. The summed E-state index contributed by atoms with van der Waals surface area (Å²) < 4.78 is 5.54. The summed E-state index contributed by atoms with van der Waals surface area (Å²) in [5.74, 6) is -1.60. The molecule has 3 fully saturated rings. The van der Waals surface area contributed by atoms with Crippen molar-refractivity contribution >= 4 is 0 Å². The van der Waals surface area contributed by atoms with Crippen LogP contribution in [0.25, 0.3) is 0 Å². The third-order valence-electron chi connectivity index (χ3n) is 7.03. The Hall–Kier alpha value is -0.200. The zero-order chi connectivity index (χ0) is 15.2. The van der Waals surface area contributed by atoms with E-state index in [1.807, 2.05) is 13.8 Å². The van der Waals surface area contributed by atoms with Gasteiger partial charge in [-0.05, 0) is 38.5 Å². The van der Waals surface area contributed by atoms with Gasteiger partial charge in [0.2, 0.25) is 0 Å². The normalized spacial score (nSPS) is 61.2. The maximum absolute atomic E-state index is 11.4. The van der Waals surface area contributed by atoms with E-state index >= 15 is 0 Å². The average Bonchev–Trinajstić information content (AvgIpc) is 2.57. The quantitative estimate of drug-likeness (QED) is 0.522. The minimum Gasteiger partial charge on any atom is -0.388 e. The molecule has 0 radical (unpaired) electrons. The van der Waals surface area contributed by atoms with E-state index in [4.69, 9.17) is 4.74 Å². The van der Waals surface area contributed by atoms with E-state index in [2.05, 4.69) is 0 Å². The second kappa shape index (κ2) is 3.41. The van der Waals surface area contributed by atoms with Crippen molar-refractivity contribution in [2.24, 2.45) is 10.8 Å². The van der Waals surface area contributed by atoms with Crippen LogP contribution in [0, 0.1) is 10.8 Å². The van der Waals surface area contributed by atoms with Gasteiger partial charge in [-0.3, -0.25) is 0 Å². The van der Waals surface area contributed by atoms with Crippen molar-refractivity contribution in [1.82, 2.24) is 0 Å². The first kappa shape index (κ1) is 14.7. The largest absolute Gasteiger partial charge is 0.388 e. The molecule has 5 heteroatoms. The molecule has 116 valence electrons. The van der Waals surface area contributed by atoms with Crippen LogP contribution in [0.2, 0.25) is 0 Å². The van der Waals surface area contributed by atoms with Crippen LogP contribution in [0.1, 0.15) is 53.4 Å². The maximum Gasteiger partial charge on any atom is 0.176 e. The molecule has 0 aromatic heterocycles. The Kier molecular flexibility index (Phi) is 2.51. The fraction of sp³-hybridized carbons (Fsp3) is 1.00. The van der Waals surface area contributed by atoms with Gasteiger partial charge in [0.05, 0.1) is 23.2 Å². The summed E-state index contributed by atoms with van der Waals surface area (Å²) in [4.78, 5) is 0. The monoisotopic (exact) mass is 286 g/mol. The van der Waals surface area contributed by atoms with Crippen molar-refractivity contribution in [2.75, 3.05) is 6.61 Å². The van der Waals surface area contributed by atoms with Crippen molar-refractivity contribution in [3.8, 4) is 0 Å². The summed E-state index contributed by atoms with van der Waals surface area (Å²) in [5, 5.41) is 44.2. The van der Waals surface area contributed by atoms with Gasteiger partial charge in [-0.2, -0.15) is 0 Å². The van der Waals surface area contributed by atoms with Gasteiger partial charge in [0.1, 0.15) is 5.60 Å². The summed E-state index contributed by atoms with van der Waals surface area (Å²) in [7, 11) is 0. The maximum atomic E-state index is 11.4. The smallest absolute Gasteiger partial charge is 0.176 e. The molecule has 0 spiro atoms. The predicted molar refractivity (Wildman–Crippen MR) is 71.8 cm³/mol. The molecule has 0 aromatic rings. The summed E-state index contributed by atoms with van der Waals surface area (Å²) in [6.07, 6.45) is 1.56. The minimum absolute atomic E-state index is 0.161. The molecule has 0 bridgehead atoms. The Morgan fingerprint density at radius 3 is 1.95 bits per heavy atom. The molecule has 1 heterocycles. The Labute approximate surface area is 119 Å². The van der Waals surface area contributed by atoms with E-state index in [9.17, 15) is 20.4 Å². The number of hydrogen-bond acceptors (Lipinski definition) is 5. The van der Waals surface area contributed by atoms with Crippen molar-refractivity contribution in [1.29, 1.82) is 0 Å². The van der Waals surface area contributed by atoms with E-state index in [1.54, 1.807) is 13.8 Å². The lowest BCUT2D eigenvalue weighted by molar-refractivity contribution is -0.373. The number of ether oxygens (including phenoxy) is 1. The van der Waals surface area contributed by atoms with Crippen LogP contribution in [0.5, 0.6) is 0 Å². The van der Waals surface area contributed by atoms with Gasteiger partial charge in [0.25, 0.3) is 0 Å². The summed E-state index contributed by atoms with van der Waals surface area (Å²) in [6.45, 7) is 6.97. The Balaban J connectivity index is 2.28. The van der Waals surface area contributed by atoms with E-state index in [1.165, 1.54) is 0 Å². The molecule has 1 aliphatic heterocycles. The molecule has 3 aliphatic rings. The molecule has 0 aromatic carbocycles. The van der Waals surface area contributed by atoms with E-state index < -0.39 is 33.4 Å². The highest BCUT2D eigenvalue weighted by atomic mass is 16.6. The van der Waals surface area contributed by atoms with E-state index in [-0.39, 0.29) is 13.0 Å². The van der Waals surface area contributed by atoms with Gasteiger partial charge in [-0.1, -0.05) is 13.8 Å². The Bertz CT molecular complexity index is 461. The predicted octanol–water partition coefficient (Wildman–Crippen LogP) is 0.539. The van der Waals surface area contributed by atoms with Crippen molar-refractivity contribution in [3.63, 3.8) is 0 Å². The Morgan fingerprint density at radius 1 is 0.750 bits per heavy atom. The zero-order valence-corrected chi connectivity index (χ0v) is 12.7. The van der Waals surface area contributed by atoms with Crippen LogP contribution in [-0.2, 0) is 4.74 Å². The molecule has 1 saturated heterocycles. The van der Waals surface area contributed by atoms with Gasteiger partial charge < -0.3 is 25.2 Å². The van der Waals surface area contributed by atoms with Gasteiger partial charge in [0, 0.05) is 6.42 Å². The van der Waals surface area contributed by atoms with Crippen molar-refractivity contribution in [3.05, 3.63) is 0 Å². The first-order valence-electron chi connectivity index (χ1n) is 7.40. The molecular formula is C15H26O5. The van der Waals surface area contributed by atoms with Gasteiger partial charge >= 0.3 is 0 Å². The first-order chi connectivity index (χ1) is 8.87. The van der Waals surface area contributed by atoms with Crippen molar-refractivity contribution < 1.29 is 25.2 Å². The number of hydrogen-bond donors (Lipinski definition) is 4. The van der Waals surface area contributed by atoms with Crippen LogP contribution in [0.15, 0.2) is 0 Å². The molecule has 0 amide bonds. The Morgan fingerprint density at radius 2 is 1.35 bits per heavy atom. The van der Waals surface area contributed by atoms with E-state index in [0.29, 0.717) is 19.3 Å². The molecule has 3 rings (SSSR count). The molecule has 20 heavy (non-hydrogen) atoms. The second-order valence-corrected chi connectivity index (χ2v) is 8.08.